The fourth-order valence-electron chi connectivity index (χ4n) is 1.76. The quantitative estimate of drug-likeness (QED) is 0.816. The molecule has 0 aliphatic rings. The highest BCUT2D eigenvalue weighted by atomic mass is 16.5. The first kappa shape index (κ1) is 12.7. The maximum atomic E-state index is 5.79. The van der Waals surface area contributed by atoms with Gasteiger partial charge in [0.2, 0.25) is 0 Å². The van der Waals surface area contributed by atoms with E-state index in [2.05, 4.69) is 37.2 Å². The van der Waals surface area contributed by atoms with Crippen LogP contribution >= 0.6 is 0 Å². The summed E-state index contributed by atoms with van der Waals surface area (Å²) in [6, 6.07) is 8.23. The van der Waals surface area contributed by atoms with Gasteiger partial charge in [-0.1, -0.05) is 31.1 Å². The number of benzene rings is 1. The highest BCUT2D eigenvalue weighted by Gasteiger charge is 2.07. The molecule has 96 valence electrons. The second-order valence-electron chi connectivity index (χ2n) is 4.90. The maximum Gasteiger partial charge on any atom is 0.174 e. The van der Waals surface area contributed by atoms with E-state index in [0.717, 1.165) is 22.8 Å². The first-order valence-corrected chi connectivity index (χ1v) is 6.22. The Kier molecular flexibility index (Phi) is 3.70. The molecular formula is C15H19NO2. The van der Waals surface area contributed by atoms with Crippen molar-refractivity contribution in [1.82, 2.24) is 5.16 Å². The summed E-state index contributed by atoms with van der Waals surface area (Å²) in [6.07, 6.45) is 0. The summed E-state index contributed by atoms with van der Waals surface area (Å²) < 4.78 is 10.9. The number of rotatable bonds is 4. The van der Waals surface area contributed by atoms with E-state index in [1.165, 1.54) is 5.56 Å². The zero-order valence-electron chi connectivity index (χ0n) is 11.4. The van der Waals surface area contributed by atoms with Crippen LogP contribution in [-0.4, -0.2) is 5.16 Å². The number of ether oxygens (including phenoxy) is 1. The second-order valence-corrected chi connectivity index (χ2v) is 4.90. The highest BCUT2D eigenvalue weighted by molar-refractivity contribution is 5.37. The molecule has 1 aromatic heterocycles. The summed E-state index contributed by atoms with van der Waals surface area (Å²) in [5.41, 5.74) is 3.29. The molecule has 0 aliphatic heterocycles. The molecule has 1 heterocycles. The van der Waals surface area contributed by atoms with Gasteiger partial charge >= 0.3 is 0 Å². The molecule has 0 atom stereocenters. The van der Waals surface area contributed by atoms with E-state index in [4.69, 9.17) is 9.26 Å². The maximum absolute atomic E-state index is 5.79. The minimum atomic E-state index is 0.420. The Labute approximate surface area is 108 Å². The zero-order chi connectivity index (χ0) is 13.1. The van der Waals surface area contributed by atoms with E-state index >= 15 is 0 Å². The summed E-state index contributed by atoms with van der Waals surface area (Å²) in [5.74, 6) is 2.16. The van der Waals surface area contributed by atoms with Crippen LogP contribution in [0.3, 0.4) is 0 Å². The van der Waals surface area contributed by atoms with Gasteiger partial charge in [-0.15, -0.1) is 0 Å². The lowest BCUT2D eigenvalue weighted by atomic mass is 10.0. The first-order valence-electron chi connectivity index (χ1n) is 6.22. The number of aromatic nitrogens is 1. The molecule has 0 aliphatic carbocycles. The Hall–Kier alpha value is -1.77. The Morgan fingerprint density at radius 3 is 2.61 bits per heavy atom. The van der Waals surface area contributed by atoms with Crippen LogP contribution in [0.25, 0.3) is 0 Å². The average molecular weight is 245 g/mol. The van der Waals surface area contributed by atoms with Crippen molar-refractivity contribution in [3.8, 4) is 5.75 Å². The van der Waals surface area contributed by atoms with Crippen molar-refractivity contribution in [3.05, 3.63) is 46.8 Å². The van der Waals surface area contributed by atoms with Gasteiger partial charge in [0.1, 0.15) is 12.4 Å². The van der Waals surface area contributed by atoms with E-state index < -0.39 is 0 Å². The molecule has 3 heteroatoms. The lowest BCUT2D eigenvalue weighted by molar-refractivity contribution is 0.247. The third kappa shape index (κ3) is 2.92. The molecule has 2 aromatic rings. The lowest BCUT2D eigenvalue weighted by Gasteiger charge is -2.11. The molecule has 1 aromatic carbocycles. The largest absolute Gasteiger partial charge is 0.485 e. The van der Waals surface area contributed by atoms with E-state index in [9.17, 15) is 0 Å². The molecule has 3 nitrogen and oxygen atoms in total. The van der Waals surface area contributed by atoms with Crippen LogP contribution in [0, 0.1) is 13.8 Å². The standard InChI is InChI=1S/C15H19NO2/c1-10(2)13-6-5-11(3)15(8-13)17-9-14-7-12(4)16-18-14/h5-8,10H,9H2,1-4H3. The van der Waals surface area contributed by atoms with Gasteiger partial charge in [-0.25, -0.2) is 0 Å². The third-order valence-corrected chi connectivity index (χ3v) is 2.93. The van der Waals surface area contributed by atoms with Gasteiger partial charge in [-0.05, 0) is 37.0 Å². The van der Waals surface area contributed by atoms with Crippen LogP contribution in [0.15, 0.2) is 28.8 Å². The van der Waals surface area contributed by atoms with E-state index in [1.807, 2.05) is 19.9 Å². The van der Waals surface area contributed by atoms with E-state index in [0.29, 0.717) is 12.5 Å². The minimum Gasteiger partial charge on any atom is -0.485 e. The van der Waals surface area contributed by atoms with Crippen LogP contribution in [0.4, 0.5) is 0 Å². The van der Waals surface area contributed by atoms with Crippen LogP contribution in [0.1, 0.15) is 42.3 Å². The molecule has 0 saturated carbocycles. The average Bonchev–Trinajstić information content (AvgIpc) is 2.74. The third-order valence-electron chi connectivity index (χ3n) is 2.93. The first-order chi connectivity index (χ1) is 8.56. The molecule has 0 amide bonds. The van der Waals surface area contributed by atoms with Gasteiger partial charge in [0.05, 0.1) is 5.69 Å². The van der Waals surface area contributed by atoms with Gasteiger partial charge in [0.25, 0.3) is 0 Å². The number of nitrogens with zero attached hydrogens (tertiary/aromatic N) is 1. The van der Waals surface area contributed by atoms with Crippen molar-refractivity contribution in [2.45, 2.75) is 40.2 Å². The van der Waals surface area contributed by atoms with Gasteiger partial charge in [0.15, 0.2) is 5.76 Å². The summed E-state index contributed by atoms with van der Waals surface area (Å²) in [7, 11) is 0. The Balaban J connectivity index is 2.10. The van der Waals surface area contributed by atoms with Crippen LogP contribution < -0.4 is 4.74 Å². The van der Waals surface area contributed by atoms with Gasteiger partial charge < -0.3 is 9.26 Å². The van der Waals surface area contributed by atoms with Gasteiger partial charge in [-0.2, -0.15) is 0 Å². The summed E-state index contributed by atoms with van der Waals surface area (Å²) in [6.45, 7) is 8.72. The molecule has 18 heavy (non-hydrogen) atoms. The van der Waals surface area contributed by atoms with E-state index in [-0.39, 0.29) is 0 Å². The predicted octanol–water partition coefficient (Wildman–Crippen LogP) is 3.99. The predicted molar refractivity (Wildman–Crippen MR) is 70.8 cm³/mol. The Morgan fingerprint density at radius 2 is 2.00 bits per heavy atom. The Bertz CT molecular complexity index is 529. The molecule has 0 bridgehead atoms. The second kappa shape index (κ2) is 5.25. The van der Waals surface area contributed by atoms with Crippen molar-refractivity contribution in [2.75, 3.05) is 0 Å². The van der Waals surface area contributed by atoms with Crippen molar-refractivity contribution in [1.29, 1.82) is 0 Å². The molecule has 0 spiro atoms. The molecule has 0 N–H and O–H groups in total. The highest BCUT2D eigenvalue weighted by Crippen LogP contribution is 2.25. The van der Waals surface area contributed by atoms with Crippen molar-refractivity contribution in [2.24, 2.45) is 0 Å². The number of hydrogen-bond donors (Lipinski definition) is 0. The van der Waals surface area contributed by atoms with Crippen LogP contribution in [-0.2, 0) is 6.61 Å². The van der Waals surface area contributed by atoms with E-state index in [1.54, 1.807) is 0 Å². The zero-order valence-corrected chi connectivity index (χ0v) is 11.4. The van der Waals surface area contributed by atoms with Crippen molar-refractivity contribution in [3.63, 3.8) is 0 Å². The molecule has 2 rings (SSSR count). The van der Waals surface area contributed by atoms with Crippen molar-refractivity contribution < 1.29 is 9.26 Å². The number of hydrogen-bond acceptors (Lipinski definition) is 3. The lowest BCUT2D eigenvalue weighted by Crippen LogP contribution is -1.97. The number of aryl methyl sites for hydroxylation is 2. The smallest absolute Gasteiger partial charge is 0.174 e. The summed E-state index contributed by atoms with van der Waals surface area (Å²) >= 11 is 0. The van der Waals surface area contributed by atoms with Crippen molar-refractivity contribution >= 4 is 0 Å². The summed E-state index contributed by atoms with van der Waals surface area (Å²) in [4.78, 5) is 0. The van der Waals surface area contributed by atoms with Crippen LogP contribution in [0.5, 0.6) is 5.75 Å². The minimum absolute atomic E-state index is 0.420. The van der Waals surface area contributed by atoms with Gasteiger partial charge in [0, 0.05) is 6.07 Å². The normalized spacial score (nSPS) is 10.9. The molecular weight excluding hydrogens is 226 g/mol. The SMILES string of the molecule is Cc1cc(COc2cc(C(C)C)ccc2C)on1. The topological polar surface area (TPSA) is 35.3 Å². The summed E-state index contributed by atoms with van der Waals surface area (Å²) in [5, 5.41) is 3.84. The molecule has 0 unspecified atom stereocenters. The monoisotopic (exact) mass is 245 g/mol. The fraction of sp³-hybridized carbons (Fsp3) is 0.400. The molecule has 0 saturated heterocycles. The fourth-order valence-corrected chi connectivity index (χ4v) is 1.76. The molecule has 0 fully saturated rings. The molecule has 0 radical (unpaired) electrons. The Morgan fingerprint density at radius 1 is 1.22 bits per heavy atom. The van der Waals surface area contributed by atoms with Crippen LogP contribution in [0.2, 0.25) is 0 Å². The van der Waals surface area contributed by atoms with Gasteiger partial charge in [-0.3, -0.25) is 0 Å².